The lowest BCUT2D eigenvalue weighted by Gasteiger charge is -2.13. The van der Waals surface area contributed by atoms with Crippen molar-refractivity contribution in [3.05, 3.63) is 52.2 Å². The SMILES string of the molecule is CCc1cc(NCc2csc(C(C)(C)C)n2)nc(-c2ccccn2)n1. The van der Waals surface area contributed by atoms with Crippen molar-refractivity contribution in [1.82, 2.24) is 19.9 Å². The lowest BCUT2D eigenvalue weighted by Crippen LogP contribution is -2.11. The van der Waals surface area contributed by atoms with Gasteiger partial charge in [0, 0.05) is 28.8 Å². The van der Waals surface area contributed by atoms with Gasteiger partial charge in [0.2, 0.25) is 0 Å². The van der Waals surface area contributed by atoms with Gasteiger partial charge >= 0.3 is 0 Å². The highest BCUT2D eigenvalue weighted by molar-refractivity contribution is 7.09. The van der Waals surface area contributed by atoms with Gasteiger partial charge < -0.3 is 5.32 Å². The van der Waals surface area contributed by atoms with Crippen LogP contribution >= 0.6 is 11.3 Å². The first-order valence-electron chi connectivity index (χ1n) is 8.44. The molecule has 0 aliphatic carbocycles. The summed E-state index contributed by atoms with van der Waals surface area (Å²) in [5, 5.41) is 6.63. The van der Waals surface area contributed by atoms with E-state index in [1.54, 1.807) is 17.5 Å². The number of pyridine rings is 1. The van der Waals surface area contributed by atoms with E-state index in [0.717, 1.165) is 34.3 Å². The smallest absolute Gasteiger partial charge is 0.180 e. The second-order valence-electron chi connectivity index (χ2n) is 6.88. The number of thiazole rings is 1. The molecule has 0 fully saturated rings. The Morgan fingerprint density at radius 2 is 1.92 bits per heavy atom. The molecule has 3 aromatic rings. The molecule has 1 N–H and O–H groups in total. The van der Waals surface area contributed by atoms with Gasteiger partial charge in [-0.05, 0) is 18.6 Å². The Kier molecular flexibility index (Phi) is 5.08. The van der Waals surface area contributed by atoms with Crippen LogP contribution in [0.25, 0.3) is 11.5 Å². The van der Waals surface area contributed by atoms with Gasteiger partial charge in [-0.2, -0.15) is 0 Å². The van der Waals surface area contributed by atoms with Crippen molar-refractivity contribution >= 4 is 17.2 Å². The first-order valence-corrected chi connectivity index (χ1v) is 9.32. The molecule has 130 valence electrons. The average molecular weight is 353 g/mol. The normalized spacial score (nSPS) is 11.5. The lowest BCUT2D eigenvalue weighted by atomic mass is 9.98. The molecular weight excluding hydrogens is 330 g/mol. The summed E-state index contributed by atoms with van der Waals surface area (Å²) in [5.74, 6) is 1.45. The second kappa shape index (κ2) is 7.27. The van der Waals surface area contributed by atoms with Crippen molar-refractivity contribution in [3.63, 3.8) is 0 Å². The van der Waals surface area contributed by atoms with Gasteiger partial charge in [-0.1, -0.05) is 33.8 Å². The number of rotatable bonds is 5. The van der Waals surface area contributed by atoms with Crippen molar-refractivity contribution in [2.75, 3.05) is 5.32 Å². The zero-order valence-corrected chi connectivity index (χ0v) is 15.9. The molecule has 0 unspecified atom stereocenters. The van der Waals surface area contributed by atoms with Gasteiger partial charge in [-0.25, -0.2) is 15.0 Å². The van der Waals surface area contributed by atoms with Crippen LogP contribution in [0, 0.1) is 0 Å². The van der Waals surface area contributed by atoms with Gasteiger partial charge in [-0.15, -0.1) is 11.3 Å². The van der Waals surface area contributed by atoms with Crippen LogP contribution in [0.2, 0.25) is 0 Å². The van der Waals surface area contributed by atoms with Crippen LogP contribution in [0.1, 0.15) is 44.1 Å². The van der Waals surface area contributed by atoms with Crippen LogP contribution in [0.5, 0.6) is 0 Å². The molecule has 3 aromatic heterocycles. The van der Waals surface area contributed by atoms with Crippen LogP contribution in [-0.2, 0) is 18.4 Å². The molecule has 0 aliphatic rings. The van der Waals surface area contributed by atoms with E-state index in [-0.39, 0.29) is 5.41 Å². The molecule has 0 saturated heterocycles. The van der Waals surface area contributed by atoms with E-state index in [9.17, 15) is 0 Å². The fourth-order valence-electron chi connectivity index (χ4n) is 2.29. The standard InChI is InChI=1S/C19H23N5S/c1-5-13-10-16(24-17(22-13)15-8-6-7-9-20-15)21-11-14-12-25-18(23-14)19(2,3)4/h6-10,12H,5,11H2,1-4H3,(H,21,22,24). The number of hydrogen-bond acceptors (Lipinski definition) is 6. The van der Waals surface area contributed by atoms with E-state index in [4.69, 9.17) is 4.98 Å². The van der Waals surface area contributed by atoms with Crippen LogP contribution in [0.4, 0.5) is 5.82 Å². The minimum absolute atomic E-state index is 0.0827. The largest absolute Gasteiger partial charge is 0.364 e. The van der Waals surface area contributed by atoms with Crippen molar-refractivity contribution < 1.29 is 0 Å². The Labute approximate surface area is 152 Å². The number of nitrogens with one attached hydrogen (secondary N) is 1. The van der Waals surface area contributed by atoms with Crippen LogP contribution < -0.4 is 5.32 Å². The van der Waals surface area contributed by atoms with Crippen molar-refractivity contribution in [3.8, 4) is 11.5 Å². The van der Waals surface area contributed by atoms with Crippen molar-refractivity contribution in [1.29, 1.82) is 0 Å². The Bertz CT molecular complexity index is 837. The number of anilines is 1. The molecule has 0 saturated carbocycles. The van der Waals surface area contributed by atoms with Gasteiger partial charge in [0.25, 0.3) is 0 Å². The molecule has 25 heavy (non-hydrogen) atoms. The second-order valence-corrected chi connectivity index (χ2v) is 7.74. The molecule has 5 nitrogen and oxygen atoms in total. The van der Waals surface area contributed by atoms with Gasteiger partial charge in [0.1, 0.15) is 11.5 Å². The summed E-state index contributed by atoms with van der Waals surface area (Å²) in [7, 11) is 0. The van der Waals surface area contributed by atoms with E-state index < -0.39 is 0 Å². The summed E-state index contributed by atoms with van der Waals surface area (Å²) >= 11 is 1.71. The predicted octanol–water partition coefficient (Wildman–Crippen LogP) is 4.47. The highest BCUT2D eigenvalue weighted by Crippen LogP contribution is 2.26. The maximum Gasteiger partial charge on any atom is 0.180 e. The first kappa shape index (κ1) is 17.5. The summed E-state index contributed by atoms with van der Waals surface area (Å²) < 4.78 is 0. The summed E-state index contributed by atoms with van der Waals surface area (Å²) in [6, 6.07) is 7.75. The van der Waals surface area contributed by atoms with Gasteiger partial charge in [0.05, 0.1) is 17.2 Å². The molecule has 0 spiro atoms. The van der Waals surface area contributed by atoms with Crippen LogP contribution in [-0.4, -0.2) is 19.9 Å². The predicted molar refractivity (Wildman–Crippen MR) is 103 cm³/mol. The fraction of sp³-hybridized carbons (Fsp3) is 0.368. The molecular formula is C19H23N5S. The number of hydrogen-bond donors (Lipinski definition) is 1. The number of nitrogens with zero attached hydrogens (tertiary/aromatic N) is 4. The number of aromatic nitrogens is 4. The molecule has 3 rings (SSSR count). The van der Waals surface area contributed by atoms with Crippen molar-refractivity contribution in [2.45, 2.75) is 46.1 Å². The zero-order chi connectivity index (χ0) is 17.9. The monoisotopic (exact) mass is 353 g/mol. The topological polar surface area (TPSA) is 63.6 Å². The van der Waals surface area contributed by atoms with Gasteiger partial charge in [-0.3, -0.25) is 4.98 Å². The van der Waals surface area contributed by atoms with E-state index >= 15 is 0 Å². The average Bonchev–Trinajstić information content (AvgIpc) is 3.10. The molecule has 0 amide bonds. The van der Waals surface area contributed by atoms with E-state index in [0.29, 0.717) is 12.4 Å². The van der Waals surface area contributed by atoms with Gasteiger partial charge in [0.15, 0.2) is 5.82 Å². The molecule has 0 radical (unpaired) electrons. The first-order chi connectivity index (χ1) is 12.0. The van der Waals surface area contributed by atoms with Crippen LogP contribution in [0.3, 0.4) is 0 Å². The molecule has 0 aromatic carbocycles. The molecule has 0 bridgehead atoms. The summed E-state index contributed by atoms with van der Waals surface area (Å²) in [6.45, 7) is 9.28. The summed E-state index contributed by atoms with van der Waals surface area (Å²) in [6.07, 6.45) is 2.61. The van der Waals surface area contributed by atoms with Crippen LogP contribution in [0.15, 0.2) is 35.8 Å². The Morgan fingerprint density at radius 3 is 2.56 bits per heavy atom. The number of aryl methyl sites for hydroxylation is 1. The Balaban J connectivity index is 1.79. The quantitative estimate of drug-likeness (QED) is 0.733. The van der Waals surface area contributed by atoms with E-state index in [1.165, 1.54) is 0 Å². The van der Waals surface area contributed by atoms with Crippen molar-refractivity contribution in [2.24, 2.45) is 0 Å². The Hall–Kier alpha value is -2.34. The zero-order valence-electron chi connectivity index (χ0n) is 15.1. The van der Waals surface area contributed by atoms with E-state index in [2.05, 4.69) is 53.3 Å². The lowest BCUT2D eigenvalue weighted by molar-refractivity contribution is 0.583. The minimum atomic E-state index is 0.0827. The molecule has 0 aliphatic heterocycles. The van der Waals surface area contributed by atoms with E-state index in [1.807, 2.05) is 24.3 Å². The highest BCUT2D eigenvalue weighted by atomic mass is 32.1. The highest BCUT2D eigenvalue weighted by Gasteiger charge is 2.18. The minimum Gasteiger partial charge on any atom is -0.364 e. The molecule has 6 heteroatoms. The Morgan fingerprint density at radius 1 is 1.08 bits per heavy atom. The summed E-state index contributed by atoms with van der Waals surface area (Å²) in [5.41, 5.74) is 2.89. The maximum absolute atomic E-state index is 4.72. The third-order valence-corrected chi connectivity index (χ3v) is 5.00. The fourth-order valence-corrected chi connectivity index (χ4v) is 3.20. The third kappa shape index (κ3) is 4.39. The maximum atomic E-state index is 4.72. The molecule has 3 heterocycles. The third-order valence-electron chi connectivity index (χ3n) is 3.68. The molecule has 0 atom stereocenters. The summed E-state index contributed by atoms with van der Waals surface area (Å²) in [4.78, 5) is 18.3.